The molecule has 3 aromatic carbocycles. The van der Waals surface area contributed by atoms with Gasteiger partial charge in [-0.1, -0.05) is 153 Å². The number of amides is 3. The fourth-order valence-electron chi connectivity index (χ4n) is 6.32. The SMILES string of the molecule is CC(C)(C)[Si](C)(C)OC[C@H](Cc1ccccc1)NC(=O)CN(CC(=O)N[C@H](CO[Si](C)(C)C(C)(C)C)Cc1ccccc1)CC(=O)N[C@H](CO[Si](C)(C)C(C)(C)C)Cc1ccccc1. The topological polar surface area (TPSA) is 118 Å². The Labute approximate surface area is 390 Å². The number of benzene rings is 3. The summed E-state index contributed by atoms with van der Waals surface area (Å²) in [5.74, 6) is -0.862. The molecule has 64 heavy (non-hydrogen) atoms. The van der Waals surface area contributed by atoms with Gasteiger partial charge in [0.25, 0.3) is 0 Å². The molecular formula is C51H84N4O6Si3. The summed E-state index contributed by atoms with van der Waals surface area (Å²) in [6.07, 6.45) is 1.73. The second-order valence-corrected chi connectivity index (χ2v) is 36.6. The minimum absolute atomic E-state index is 0.00593. The number of hydrogen-bond donors (Lipinski definition) is 3. The molecule has 3 N–H and O–H groups in total. The van der Waals surface area contributed by atoms with Crippen molar-refractivity contribution < 1.29 is 27.7 Å². The van der Waals surface area contributed by atoms with Gasteiger partial charge in [0.15, 0.2) is 25.0 Å². The highest BCUT2D eigenvalue weighted by molar-refractivity contribution is 6.74. The molecular weight excluding hydrogens is 849 g/mol. The molecule has 356 valence electrons. The van der Waals surface area contributed by atoms with Crippen molar-refractivity contribution >= 4 is 42.7 Å². The van der Waals surface area contributed by atoms with Crippen molar-refractivity contribution in [3.8, 4) is 0 Å². The zero-order chi connectivity index (χ0) is 48.0. The van der Waals surface area contributed by atoms with E-state index in [0.29, 0.717) is 39.1 Å². The van der Waals surface area contributed by atoms with Crippen LogP contribution < -0.4 is 16.0 Å². The third-order valence-electron chi connectivity index (χ3n) is 13.5. The van der Waals surface area contributed by atoms with Crippen LogP contribution in [-0.4, -0.2) is 105 Å². The van der Waals surface area contributed by atoms with Gasteiger partial charge < -0.3 is 29.2 Å². The van der Waals surface area contributed by atoms with Gasteiger partial charge in [-0.25, -0.2) is 0 Å². The molecule has 0 spiro atoms. The zero-order valence-corrected chi connectivity index (χ0v) is 45.2. The second-order valence-electron chi connectivity index (χ2n) is 22.2. The Balaban J connectivity index is 1.91. The molecule has 0 aliphatic rings. The zero-order valence-electron chi connectivity index (χ0n) is 42.2. The van der Waals surface area contributed by atoms with E-state index in [9.17, 15) is 14.4 Å². The quantitative estimate of drug-likeness (QED) is 0.0767. The van der Waals surface area contributed by atoms with E-state index in [2.05, 4.69) is 118 Å². The monoisotopic (exact) mass is 933 g/mol. The van der Waals surface area contributed by atoms with Crippen molar-refractivity contribution in [3.63, 3.8) is 0 Å². The molecule has 0 unspecified atom stereocenters. The fraction of sp³-hybridized carbons (Fsp3) is 0.588. The Bertz CT molecular complexity index is 1660. The van der Waals surface area contributed by atoms with Gasteiger partial charge in [0.2, 0.25) is 17.7 Å². The summed E-state index contributed by atoms with van der Waals surface area (Å²) < 4.78 is 19.9. The molecule has 0 saturated heterocycles. The van der Waals surface area contributed by atoms with Crippen LogP contribution in [0.4, 0.5) is 0 Å². The highest BCUT2D eigenvalue weighted by Crippen LogP contribution is 2.38. The van der Waals surface area contributed by atoms with Gasteiger partial charge in [-0.05, 0) is 90.3 Å². The molecule has 0 radical (unpaired) electrons. The van der Waals surface area contributed by atoms with Crippen LogP contribution in [0.25, 0.3) is 0 Å². The maximum absolute atomic E-state index is 14.2. The van der Waals surface area contributed by atoms with E-state index in [1.54, 1.807) is 4.90 Å². The first kappa shape index (κ1) is 54.9. The largest absolute Gasteiger partial charge is 0.415 e. The Kier molecular flexibility index (Phi) is 20.4. The number of carbonyl (C=O) groups excluding carboxylic acids is 3. The maximum atomic E-state index is 14.2. The molecule has 3 atom stereocenters. The Morgan fingerprint density at radius 2 is 0.656 bits per heavy atom. The van der Waals surface area contributed by atoms with Crippen LogP contribution in [0.5, 0.6) is 0 Å². The van der Waals surface area contributed by atoms with Gasteiger partial charge in [0.05, 0.1) is 57.6 Å². The number of hydrogen-bond acceptors (Lipinski definition) is 7. The minimum atomic E-state index is -2.14. The molecule has 10 nitrogen and oxygen atoms in total. The van der Waals surface area contributed by atoms with Crippen LogP contribution >= 0.6 is 0 Å². The average Bonchev–Trinajstić information content (AvgIpc) is 3.18. The molecule has 3 aromatic rings. The van der Waals surface area contributed by atoms with Crippen molar-refractivity contribution in [2.45, 2.75) is 154 Å². The number of nitrogens with zero attached hydrogens (tertiary/aromatic N) is 1. The third-order valence-corrected chi connectivity index (χ3v) is 27.0. The average molecular weight is 934 g/mol. The van der Waals surface area contributed by atoms with Crippen LogP contribution in [0.3, 0.4) is 0 Å². The summed E-state index contributed by atoms with van der Waals surface area (Å²) in [5, 5.41) is 9.70. The maximum Gasteiger partial charge on any atom is 0.234 e. The molecule has 0 fully saturated rings. The van der Waals surface area contributed by atoms with Gasteiger partial charge in [0.1, 0.15) is 0 Å². The molecule has 0 heterocycles. The predicted molar refractivity (Wildman–Crippen MR) is 272 cm³/mol. The summed E-state index contributed by atoms with van der Waals surface area (Å²) >= 11 is 0. The summed E-state index contributed by atoms with van der Waals surface area (Å²) in [7, 11) is -6.43. The Hall–Kier alpha value is -3.44. The highest BCUT2D eigenvalue weighted by Gasteiger charge is 2.40. The van der Waals surface area contributed by atoms with Crippen LogP contribution in [0, 0.1) is 0 Å². The summed E-state index contributed by atoms with van der Waals surface area (Å²) in [6, 6.07) is 29.2. The number of rotatable bonds is 24. The van der Waals surface area contributed by atoms with Crippen LogP contribution in [-0.2, 0) is 46.9 Å². The van der Waals surface area contributed by atoms with Crippen LogP contribution in [0.1, 0.15) is 79.0 Å². The van der Waals surface area contributed by atoms with E-state index < -0.39 is 25.0 Å². The van der Waals surface area contributed by atoms with E-state index in [4.69, 9.17) is 13.3 Å². The number of carbonyl (C=O) groups is 3. The van der Waals surface area contributed by atoms with Crippen molar-refractivity contribution in [2.24, 2.45) is 0 Å². The molecule has 0 saturated carbocycles. The first-order valence-electron chi connectivity index (χ1n) is 23.2. The van der Waals surface area contributed by atoms with Crippen molar-refractivity contribution in [2.75, 3.05) is 39.5 Å². The third kappa shape index (κ3) is 18.8. The van der Waals surface area contributed by atoms with Gasteiger partial charge in [-0.15, -0.1) is 0 Å². The van der Waals surface area contributed by atoms with Gasteiger partial charge in [-0.3, -0.25) is 19.3 Å². The molecule has 0 bridgehead atoms. The lowest BCUT2D eigenvalue weighted by molar-refractivity contribution is -0.128. The summed E-state index contributed by atoms with van der Waals surface area (Å²) in [6.45, 7) is 33.6. The van der Waals surface area contributed by atoms with Gasteiger partial charge in [0, 0.05) is 0 Å². The molecule has 3 rings (SSSR count). The van der Waals surface area contributed by atoms with Gasteiger partial charge >= 0.3 is 0 Å². The molecule has 0 aliphatic carbocycles. The molecule has 13 heteroatoms. The first-order chi connectivity index (χ1) is 29.6. The Morgan fingerprint density at radius 1 is 0.438 bits per heavy atom. The standard InChI is InChI=1S/C51H84N4O6Si3/c1-49(2,3)62(10,11)59-37-43(31-40-25-19-16-20-26-40)52-46(56)34-55(35-47(57)53-44(32-41-27-21-17-22-28-41)38-60-63(12,13)50(4,5)6)36-48(58)54-45(33-42-29-23-18-24-30-42)39-61-64(14,15)51(7,8)9/h16-30,43-45H,31-39H2,1-15H3,(H,52,56)(H,53,57)(H,54,58)/t43-,44-,45-/m0/s1. The summed E-state index contributed by atoms with van der Waals surface area (Å²) in [5.41, 5.74) is 3.24. The van der Waals surface area contributed by atoms with Crippen molar-refractivity contribution in [1.29, 1.82) is 0 Å². The lowest BCUT2D eigenvalue weighted by Crippen LogP contribution is -2.53. The summed E-state index contributed by atoms with van der Waals surface area (Å²) in [4.78, 5) is 44.2. The van der Waals surface area contributed by atoms with E-state index in [1.807, 2.05) is 91.0 Å². The minimum Gasteiger partial charge on any atom is -0.415 e. The van der Waals surface area contributed by atoms with Crippen LogP contribution in [0.15, 0.2) is 91.0 Å². The fourth-order valence-corrected chi connectivity index (χ4v) is 9.48. The van der Waals surface area contributed by atoms with E-state index in [-0.39, 0.29) is 70.6 Å². The van der Waals surface area contributed by atoms with Crippen molar-refractivity contribution in [3.05, 3.63) is 108 Å². The number of nitrogens with one attached hydrogen (secondary N) is 3. The molecule has 0 aromatic heterocycles. The highest BCUT2D eigenvalue weighted by atomic mass is 28.4. The second kappa shape index (κ2) is 23.8. The normalized spacial score (nSPS) is 14.4. The predicted octanol–water partition coefficient (Wildman–Crippen LogP) is 9.54. The van der Waals surface area contributed by atoms with Crippen molar-refractivity contribution in [1.82, 2.24) is 20.9 Å². The van der Waals surface area contributed by atoms with Crippen LogP contribution in [0.2, 0.25) is 54.4 Å². The van der Waals surface area contributed by atoms with E-state index >= 15 is 0 Å². The van der Waals surface area contributed by atoms with E-state index in [0.717, 1.165) is 16.7 Å². The lowest BCUT2D eigenvalue weighted by atomic mass is 10.1. The van der Waals surface area contributed by atoms with Gasteiger partial charge in [-0.2, -0.15) is 0 Å². The first-order valence-corrected chi connectivity index (χ1v) is 31.9. The van der Waals surface area contributed by atoms with E-state index in [1.165, 1.54) is 0 Å². The molecule has 3 amide bonds. The molecule has 0 aliphatic heterocycles. The lowest BCUT2D eigenvalue weighted by Gasteiger charge is -2.37. The smallest absolute Gasteiger partial charge is 0.234 e. The Morgan fingerprint density at radius 3 is 0.859 bits per heavy atom.